The van der Waals surface area contributed by atoms with E-state index in [-0.39, 0.29) is 0 Å². The molecule has 5 nitrogen and oxygen atoms in total. The van der Waals surface area contributed by atoms with Crippen molar-refractivity contribution in [1.29, 1.82) is 0 Å². The monoisotopic (exact) mass is 333 g/mol. The van der Waals surface area contributed by atoms with Crippen LogP contribution in [-0.2, 0) is 11.2 Å². The van der Waals surface area contributed by atoms with Crippen LogP contribution in [0.2, 0.25) is 0 Å². The number of guanidine groups is 1. The molecule has 1 unspecified atom stereocenters. The van der Waals surface area contributed by atoms with Crippen LogP contribution < -0.4 is 10.6 Å². The molecular formula is C19H31N3O2. The van der Waals surface area contributed by atoms with Crippen molar-refractivity contribution < 1.29 is 9.15 Å². The van der Waals surface area contributed by atoms with Gasteiger partial charge in [0.15, 0.2) is 5.96 Å². The summed E-state index contributed by atoms with van der Waals surface area (Å²) in [6.45, 7) is 6.75. The topological polar surface area (TPSA) is 58.8 Å². The standard InChI is InChI=1S/C19H31N3O2/c1-2-19(8-4-9-19)15-22-18(21-13-16-7-12-23-14-16)20-10-6-17-5-3-11-24-17/h3,5,11,16H,2,4,6-10,12-15H2,1H3,(H2,20,21,22). The van der Waals surface area contributed by atoms with E-state index in [1.807, 2.05) is 12.1 Å². The van der Waals surface area contributed by atoms with Gasteiger partial charge < -0.3 is 19.8 Å². The minimum atomic E-state index is 0.450. The Morgan fingerprint density at radius 1 is 1.38 bits per heavy atom. The van der Waals surface area contributed by atoms with Gasteiger partial charge in [0.2, 0.25) is 0 Å². The molecule has 1 atom stereocenters. The van der Waals surface area contributed by atoms with Gasteiger partial charge in [-0.25, -0.2) is 0 Å². The minimum Gasteiger partial charge on any atom is -0.469 e. The third kappa shape index (κ3) is 4.76. The maximum absolute atomic E-state index is 5.46. The fraction of sp³-hybridized carbons (Fsp3) is 0.737. The van der Waals surface area contributed by atoms with E-state index < -0.39 is 0 Å². The van der Waals surface area contributed by atoms with Gasteiger partial charge in [-0.3, -0.25) is 4.99 Å². The third-order valence-corrected chi connectivity index (χ3v) is 5.56. The number of rotatable bonds is 8. The Bertz CT molecular complexity index is 497. The number of ether oxygens (including phenoxy) is 1. The Labute approximate surface area is 145 Å². The molecule has 0 bridgehead atoms. The van der Waals surface area contributed by atoms with Crippen molar-refractivity contribution in [2.75, 3.05) is 32.8 Å². The quantitative estimate of drug-likeness (QED) is 0.567. The molecule has 2 aliphatic rings. The van der Waals surface area contributed by atoms with Crippen molar-refractivity contribution in [3.63, 3.8) is 0 Å². The smallest absolute Gasteiger partial charge is 0.191 e. The molecule has 0 radical (unpaired) electrons. The molecule has 2 heterocycles. The molecule has 0 amide bonds. The predicted octanol–water partition coefficient (Wildman–Crippen LogP) is 2.97. The molecule has 1 saturated carbocycles. The first-order valence-corrected chi connectivity index (χ1v) is 9.42. The summed E-state index contributed by atoms with van der Waals surface area (Å²) in [4.78, 5) is 4.89. The first-order chi connectivity index (χ1) is 11.8. The van der Waals surface area contributed by atoms with Gasteiger partial charge in [-0.05, 0) is 43.2 Å². The summed E-state index contributed by atoms with van der Waals surface area (Å²) in [6.07, 6.45) is 8.98. The second-order valence-electron chi connectivity index (χ2n) is 7.24. The van der Waals surface area contributed by atoms with Gasteiger partial charge in [0.05, 0.1) is 12.9 Å². The summed E-state index contributed by atoms with van der Waals surface area (Å²) in [5.74, 6) is 2.55. The summed E-state index contributed by atoms with van der Waals surface area (Å²) < 4.78 is 10.9. The van der Waals surface area contributed by atoms with Crippen molar-refractivity contribution >= 4 is 5.96 Å². The molecular weight excluding hydrogens is 302 g/mol. The number of nitrogens with zero attached hydrogens (tertiary/aromatic N) is 1. The molecule has 3 rings (SSSR count). The van der Waals surface area contributed by atoms with Crippen LogP contribution in [0.5, 0.6) is 0 Å². The Kier molecular flexibility index (Phi) is 6.18. The van der Waals surface area contributed by atoms with Gasteiger partial charge >= 0.3 is 0 Å². The normalized spacial score (nSPS) is 23.0. The van der Waals surface area contributed by atoms with Crippen molar-refractivity contribution in [3.8, 4) is 0 Å². The van der Waals surface area contributed by atoms with E-state index in [2.05, 4.69) is 17.6 Å². The van der Waals surface area contributed by atoms with Crippen LogP contribution in [-0.4, -0.2) is 38.8 Å². The van der Waals surface area contributed by atoms with E-state index in [1.165, 1.54) is 25.7 Å². The van der Waals surface area contributed by atoms with Gasteiger partial charge in [0.25, 0.3) is 0 Å². The van der Waals surface area contributed by atoms with Gasteiger partial charge in [-0.1, -0.05) is 13.3 Å². The molecule has 24 heavy (non-hydrogen) atoms. The van der Waals surface area contributed by atoms with Gasteiger partial charge in [0, 0.05) is 38.6 Å². The number of furan rings is 1. The highest BCUT2D eigenvalue weighted by atomic mass is 16.5. The summed E-state index contributed by atoms with van der Waals surface area (Å²) in [5.41, 5.74) is 0.450. The molecule has 2 N–H and O–H groups in total. The summed E-state index contributed by atoms with van der Waals surface area (Å²) in [7, 11) is 0. The summed E-state index contributed by atoms with van der Waals surface area (Å²) >= 11 is 0. The molecule has 1 aromatic rings. The lowest BCUT2D eigenvalue weighted by atomic mass is 9.67. The van der Waals surface area contributed by atoms with E-state index in [9.17, 15) is 0 Å². The molecule has 0 aromatic carbocycles. The summed E-state index contributed by atoms with van der Waals surface area (Å²) in [6, 6.07) is 3.95. The molecule has 1 aliphatic heterocycles. The molecule has 1 saturated heterocycles. The Morgan fingerprint density at radius 2 is 2.29 bits per heavy atom. The average molecular weight is 333 g/mol. The highest BCUT2D eigenvalue weighted by Gasteiger charge is 2.34. The molecule has 1 aromatic heterocycles. The van der Waals surface area contributed by atoms with Gasteiger partial charge in [0.1, 0.15) is 5.76 Å². The van der Waals surface area contributed by atoms with Crippen molar-refractivity contribution in [3.05, 3.63) is 24.2 Å². The zero-order valence-electron chi connectivity index (χ0n) is 14.9. The maximum Gasteiger partial charge on any atom is 0.191 e. The van der Waals surface area contributed by atoms with E-state index in [0.29, 0.717) is 11.3 Å². The number of aliphatic imine (C=N–C) groups is 1. The second kappa shape index (κ2) is 8.56. The van der Waals surface area contributed by atoms with Crippen molar-refractivity contribution in [1.82, 2.24) is 10.6 Å². The van der Waals surface area contributed by atoms with Crippen molar-refractivity contribution in [2.24, 2.45) is 16.3 Å². The second-order valence-corrected chi connectivity index (χ2v) is 7.24. The fourth-order valence-electron chi connectivity index (χ4n) is 3.47. The van der Waals surface area contributed by atoms with Gasteiger partial charge in [-0.2, -0.15) is 0 Å². The number of nitrogens with one attached hydrogen (secondary N) is 2. The lowest BCUT2D eigenvalue weighted by Crippen LogP contribution is -2.42. The average Bonchev–Trinajstić information content (AvgIpc) is 3.25. The van der Waals surface area contributed by atoms with Crippen molar-refractivity contribution in [2.45, 2.75) is 45.4 Å². The van der Waals surface area contributed by atoms with Crippen LogP contribution in [0.4, 0.5) is 0 Å². The first-order valence-electron chi connectivity index (χ1n) is 9.42. The zero-order valence-corrected chi connectivity index (χ0v) is 14.9. The van der Waals surface area contributed by atoms with E-state index in [4.69, 9.17) is 14.1 Å². The number of hydrogen-bond acceptors (Lipinski definition) is 3. The molecule has 0 spiro atoms. The lowest BCUT2D eigenvalue weighted by molar-refractivity contribution is 0.139. The van der Waals surface area contributed by atoms with Crippen LogP contribution in [0.3, 0.4) is 0 Å². The molecule has 1 aliphatic carbocycles. The van der Waals surface area contributed by atoms with Crippen LogP contribution in [0.15, 0.2) is 27.8 Å². The minimum absolute atomic E-state index is 0.450. The fourth-order valence-corrected chi connectivity index (χ4v) is 3.47. The Hall–Kier alpha value is -1.49. The summed E-state index contributed by atoms with van der Waals surface area (Å²) in [5, 5.41) is 6.98. The third-order valence-electron chi connectivity index (χ3n) is 5.56. The molecule has 2 fully saturated rings. The predicted molar refractivity (Wildman–Crippen MR) is 96.2 cm³/mol. The van der Waals surface area contributed by atoms with Crippen LogP contribution in [0, 0.1) is 11.3 Å². The lowest BCUT2D eigenvalue weighted by Gasteiger charge is -2.40. The van der Waals surface area contributed by atoms with Crippen LogP contribution in [0.1, 0.15) is 44.8 Å². The molecule has 5 heteroatoms. The Morgan fingerprint density at radius 3 is 2.92 bits per heavy atom. The van der Waals surface area contributed by atoms with Gasteiger partial charge in [-0.15, -0.1) is 0 Å². The number of hydrogen-bond donors (Lipinski definition) is 2. The Balaban J connectivity index is 1.50. The van der Waals surface area contributed by atoms with Crippen LogP contribution >= 0.6 is 0 Å². The SMILES string of the molecule is CCC1(CN=C(NCCc2ccco2)NCC2CCOC2)CCC1. The van der Waals surface area contributed by atoms with Crippen LogP contribution in [0.25, 0.3) is 0 Å². The highest BCUT2D eigenvalue weighted by Crippen LogP contribution is 2.43. The first kappa shape index (κ1) is 17.3. The van der Waals surface area contributed by atoms with E-state index in [0.717, 1.165) is 57.4 Å². The maximum atomic E-state index is 5.46. The van der Waals surface area contributed by atoms with E-state index >= 15 is 0 Å². The molecule has 134 valence electrons. The van der Waals surface area contributed by atoms with E-state index in [1.54, 1.807) is 6.26 Å². The highest BCUT2D eigenvalue weighted by molar-refractivity contribution is 5.79. The zero-order chi connectivity index (χ0) is 16.7. The largest absolute Gasteiger partial charge is 0.469 e.